The molecule has 0 radical (unpaired) electrons. The van der Waals surface area contributed by atoms with Gasteiger partial charge < -0.3 is 9.80 Å². The van der Waals surface area contributed by atoms with E-state index in [-0.39, 0.29) is 0 Å². The first kappa shape index (κ1) is 17.4. The molecule has 0 saturated carbocycles. The third-order valence-corrected chi connectivity index (χ3v) is 5.47. The number of likely N-dealkylation sites (tertiary alicyclic amines) is 1. The van der Waals surface area contributed by atoms with Crippen molar-refractivity contribution in [2.75, 3.05) is 39.8 Å². The summed E-state index contributed by atoms with van der Waals surface area (Å²) in [6.45, 7) is 5.77. The van der Waals surface area contributed by atoms with Crippen LogP contribution in [0.3, 0.4) is 0 Å². The minimum Gasteiger partial charge on any atom is -0.340 e. The van der Waals surface area contributed by atoms with Crippen LogP contribution < -0.4 is 0 Å². The second-order valence-electron chi connectivity index (χ2n) is 7.19. The van der Waals surface area contributed by atoms with Crippen LogP contribution in [0.4, 0.5) is 0 Å². The maximum Gasteiger partial charge on any atom is 0.222 e. The van der Waals surface area contributed by atoms with Gasteiger partial charge in [0.05, 0.1) is 0 Å². The van der Waals surface area contributed by atoms with Gasteiger partial charge in [-0.3, -0.25) is 14.7 Å². The zero-order chi connectivity index (χ0) is 16.8. The number of piperazine rings is 1. The highest BCUT2D eigenvalue weighted by Crippen LogP contribution is 2.19. The molecule has 0 N–H and O–H groups in total. The van der Waals surface area contributed by atoms with E-state index in [4.69, 9.17) is 0 Å². The third-order valence-electron chi connectivity index (χ3n) is 5.47. The van der Waals surface area contributed by atoms with Crippen molar-refractivity contribution >= 4 is 5.91 Å². The molecule has 5 nitrogen and oxygen atoms in total. The quantitative estimate of drug-likeness (QED) is 0.828. The Labute approximate surface area is 145 Å². The Hall–Kier alpha value is -1.46. The largest absolute Gasteiger partial charge is 0.340 e. The van der Waals surface area contributed by atoms with Gasteiger partial charge >= 0.3 is 0 Å². The first-order valence-electron chi connectivity index (χ1n) is 9.31. The predicted octanol–water partition coefficient (Wildman–Crippen LogP) is 1.99. The van der Waals surface area contributed by atoms with E-state index in [9.17, 15) is 4.79 Å². The highest BCUT2D eigenvalue weighted by atomic mass is 16.2. The Bertz CT molecular complexity index is 513. The lowest BCUT2D eigenvalue weighted by Crippen LogP contribution is -2.48. The fourth-order valence-electron chi connectivity index (χ4n) is 3.86. The van der Waals surface area contributed by atoms with Crippen LogP contribution in [-0.2, 0) is 11.3 Å². The third kappa shape index (κ3) is 4.77. The molecule has 1 aromatic heterocycles. The van der Waals surface area contributed by atoms with E-state index in [1.165, 1.54) is 31.4 Å². The molecule has 1 amide bonds. The van der Waals surface area contributed by atoms with Gasteiger partial charge in [0, 0.05) is 57.6 Å². The van der Waals surface area contributed by atoms with Crippen LogP contribution in [0, 0.1) is 0 Å². The maximum absolute atomic E-state index is 12.5. The molecule has 2 aliphatic rings. The number of nitrogens with zero attached hydrogens (tertiary/aromatic N) is 4. The second kappa shape index (κ2) is 8.58. The van der Waals surface area contributed by atoms with Crippen LogP contribution >= 0.6 is 0 Å². The predicted molar refractivity (Wildman–Crippen MR) is 95.6 cm³/mol. The summed E-state index contributed by atoms with van der Waals surface area (Å²) in [4.78, 5) is 23.6. The van der Waals surface area contributed by atoms with E-state index < -0.39 is 0 Å². The molecule has 0 aliphatic carbocycles. The molecule has 2 saturated heterocycles. The lowest BCUT2D eigenvalue weighted by molar-refractivity contribution is -0.133. The number of amides is 1. The van der Waals surface area contributed by atoms with Crippen molar-refractivity contribution in [3.8, 4) is 0 Å². The van der Waals surface area contributed by atoms with Crippen LogP contribution in [-0.4, -0.2) is 71.4 Å². The zero-order valence-electron chi connectivity index (χ0n) is 14.9. The molecule has 1 atom stereocenters. The molecule has 2 aliphatic heterocycles. The monoisotopic (exact) mass is 330 g/mol. The van der Waals surface area contributed by atoms with E-state index >= 15 is 0 Å². The van der Waals surface area contributed by atoms with Crippen molar-refractivity contribution < 1.29 is 4.79 Å². The van der Waals surface area contributed by atoms with Gasteiger partial charge in [-0.1, -0.05) is 12.5 Å². The first-order chi connectivity index (χ1) is 11.7. The highest BCUT2D eigenvalue weighted by molar-refractivity contribution is 5.76. The standard InChI is InChI=1S/C19H30N4O/c1-21-10-3-2-6-18(21)7-8-19(24)23-13-11-22(12-14-23)16-17-5-4-9-20-15-17/h4-5,9,15,18H,2-3,6-8,10-14,16H2,1H3/t18-/m0/s1. The average molecular weight is 330 g/mol. The van der Waals surface area contributed by atoms with E-state index in [1.807, 2.05) is 18.5 Å². The Kier molecular flexibility index (Phi) is 6.21. The molecule has 0 aromatic carbocycles. The molecule has 132 valence electrons. The van der Waals surface area contributed by atoms with Gasteiger partial charge in [0.25, 0.3) is 0 Å². The number of rotatable bonds is 5. The average Bonchev–Trinajstić information content (AvgIpc) is 2.62. The summed E-state index contributed by atoms with van der Waals surface area (Å²) >= 11 is 0. The van der Waals surface area contributed by atoms with Crippen molar-refractivity contribution in [1.29, 1.82) is 0 Å². The lowest BCUT2D eigenvalue weighted by atomic mass is 9.98. The molecule has 3 heterocycles. The topological polar surface area (TPSA) is 39.7 Å². The zero-order valence-corrected chi connectivity index (χ0v) is 14.9. The summed E-state index contributed by atoms with van der Waals surface area (Å²) in [5, 5.41) is 0. The molecule has 1 aromatic rings. The Morgan fingerprint density at radius 3 is 2.75 bits per heavy atom. The van der Waals surface area contributed by atoms with E-state index in [0.717, 1.165) is 39.1 Å². The molecule has 0 bridgehead atoms. The number of carbonyl (C=O) groups excluding carboxylic acids is 1. The molecule has 3 rings (SSSR count). The van der Waals surface area contributed by atoms with Crippen molar-refractivity contribution in [1.82, 2.24) is 19.7 Å². The minimum atomic E-state index is 0.343. The summed E-state index contributed by atoms with van der Waals surface area (Å²) in [6.07, 6.45) is 9.34. The highest BCUT2D eigenvalue weighted by Gasteiger charge is 2.24. The van der Waals surface area contributed by atoms with Crippen molar-refractivity contribution in [2.45, 2.75) is 44.7 Å². The summed E-state index contributed by atoms with van der Waals surface area (Å²) in [5.41, 5.74) is 1.25. The molecule has 24 heavy (non-hydrogen) atoms. The van der Waals surface area contributed by atoms with Crippen molar-refractivity contribution in [2.24, 2.45) is 0 Å². The van der Waals surface area contributed by atoms with Crippen LogP contribution in [0.15, 0.2) is 24.5 Å². The fourth-order valence-corrected chi connectivity index (χ4v) is 3.86. The van der Waals surface area contributed by atoms with E-state index in [0.29, 0.717) is 18.4 Å². The summed E-state index contributed by atoms with van der Waals surface area (Å²) in [6, 6.07) is 4.71. The van der Waals surface area contributed by atoms with Crippen LogP contribution in [0.2, 0.25) is 0 Å². The van der Waals surface area contributed by atoms with E-state index in [2.05, 4.69) is 32.8 Å². The SMILES string of the molecule is CN1CCCC[C@H]1CCC(=O)N1CCN(Cc2cccnc2)CC1. The summed E-state index contributed by atoms with van der Waals surface area (Å²) in [7, 11) is 2.20. The van der Waals surface area contributed by atoms with E-state index in [1.54, 1.807) is 0 Å². The maximum atomic E-state index is 12.5. The normalized spacial score (nSPS) is 23.4. The van der Waals surface area contributed by atoms with Gasteiger partial charge in [-0.15, -0.1) is 0 Å². The first-order valence-corrected chi connectivity index (χ1v) is 9.31. The fraction of sp³-hybridized carbons (Fsp3) is 0.684. The van der Waals surface area contributed by atoms with Crippen molar-refractivity contribution in [3.05, 3.63) is 30.1 Å². The number of piperidine rings is 1. The number of hydrogen-bond acceptors (Lipinski definition) is 4. The molecule has 0 unspecified atom stereocenters. The number of carbonyl (C=O) groups is 1. The summed E-state index contributed by atoms with van der Waals surface area (Å²) < 4.78 is 0. The smallest absolute Gasteiger partial charge is 0.222 e. The Morgan fingerprint density at radius 2 is 2.04 bits per heavy atom. The van der Waals surface area contributed by atoms with Gasteiger partial charge in [-0.05, 0) is 44.5 Å². The van der Waals surface area contributed by atoms with Crippen LogP contribution in [0.5, 0.6) is 0 Å². The Balaban J connectivity index is 1.38. The molecular weight excluding hydrogens is 300 g/mol. The van der Waals surface area contributed by atoms with Gasteiger partial charge in [-0.2, -0.15) is 0 Å². The van der Waals surface area contributed by atoms with Crippen LogP contribution in [0.1, 0.15) is 37.7 Å². The molecular formula is C19H30N4O. The minimum absolute atomic E-state index is 0.343. The van der Waals surface area contributed by atoms with Gasteiger partial charge in [0.2, 0.25) is 5.91 Å². The second-order valence-corrected chi connectivity index (χ2v) is 7.19. The molecule has 0 spiro atoms. The molecule has 5 heteroatoms. The van der Waals surface area contributed by atoms with Crippen molar-refractivity contribution in [3.63, 3.8) is 0 Å². The van der Waals surface area contributed by atoms with Crippen LogP contribution in [0.25, 0.3) is 0 Å². The lowest BCUT2D eigenvalue weighted by Gasteiger charge is -2.36. The number of hydrogen-bond donors (Lipinski definition) is 0. The molecule has 2 fully saturated rings. The summed E-state index contributed by atoms with van der Waals surface area (Å²) in [5.74, 6) is 0.343. The Morgan fingerprint density at radius 1 is 1.21 bits per heavy atom. The number of aromatic nitrogens is 1. The van der Waals surface area contributed by atoms with Gasteiger partial charge in [0.1, 0.15) is 0 Å². The van der Waals surface area contributed by atoms with Gasteiger partial charge in [0.15, 0.2) is 0 Å². The number of pyridine rings is 1. The van der Waals surface area contributed by atoms with Gasteiger partial charge in [-0.25, -0.2) is 0 Å².